The predicted octanol–water partition coefficient (Wildman–Crippen LogP) is 2.53. The van der Waals surface area contributed by atoms with Crippen molar-refractivity contribution in [3.05, 3.63) is 54.4 Å². The number of nitrogens with one attached hydrogen (secondary N) is 1. The van der Waals surface area contributed by atoms with Crippen molar-refractivity contribution in [2.24, 2.45) is 5.92 Å². The molecule has 1 aliphatic rings. The maximum atomic E-state index is 12.7. The first-order chi connectivity index (χ1) is 13.6. The Morgan fingerprint density at radius 1 is 1.21 bits per heavy atom. The Labute approximate surface area is 163 Å². The van der Waals surface area contributed by atoms with E-state index in [0.29, 0.717) is 6.54 Å². The lowest BCUT2D eigenvalue weighted by molar-refractivity contribution is -0.120. The third-order valence-electron chi connectivity index (χ3n) is 4.91. The highest BCUT2D eigenvalue weighted by molar-refractivity contribution is 5.92. The predicted molar refractivity (Wildman–Crippen MR) is 106 cm³/mol. The van der Waals surface area contributed by atoms with Crippen LogP contribution in [0.2, 0.25) is 0 Å². The molecule has 0 radical (unpaired) electrons. The molecule has 28 heavy (non-hydrogen) atoms. The fraction of sp³-hybridized carbons (Fsp3) is 0.350. The van der Waals surface area contributed by atoms with Gasteiger partial charge in [0.1, 0.15) is 12.1 Å². The smallest absolute Gasteiger partial charge is 0.229 e. The Morgan fingerprint density at radius 3 is 2.82 bits per heavy atom. The largest absolute Gasteiger partial charge is 0.356 e. The van der Waals surface area contributed by atoms with E-state index in [0.717, 1.165) is 48.1 Å². The van der Waals surface area contributed by atoms with Gasteiger partial charge in [0, 0.05) is 31.0 Å². The molecule has 4 heterocycles. The molecule has 144 valence electrons. The number of hydrogen-bond acceptors (Lipinski definition) is 6. The van der Waals surface area contributed by atoms with Crippen LogP contribution in [0.5, 0.6) is 0 Å². The summed E-state index contributed by atoms with van der Waals surface area (Å²) >= 11 is 0. The van der Waals surface area contributed by atoms with Crippen molar-refractivity contribution in [3.63, 3.8) is 0 Å². The van der Waals surface area contributed by atoms with Gasteiger partial charge in [-0.15, -0.1) is 0 Å². The van der Waals surface area contributed by atoms with Gasteiger partial charge in [-0.1, -0.05) is 0 Å². The third-order valence-corrected chi connectivity index (χ3v) is 4.91. The topological polar surface area (TPSA) is 88.8 Å². The van der Waals surface area contributed by atoms with Crippen LogP contribution < -0.4 is 10.2 Å². The zero-order valence-electron chi connectivity index (χ0n) is 16.0. The van der Waals surface area contributed by atoms with Crippen molar-refractivity contribution in [2.75, 3.05) is 23.3 Å². The van der Waals surface area contributed by atoms with Crippen LogP contribution in [0.1, 0.15) is 24.2 Å². The fourth-order valence-electron chi connectivity index (χ4n) is 3.57. The molecule has 0 unspecified atom stereocenters. The molecule has 0 spiro atoms. The van der Waals surface area contributed by atoms with E-state index in [2.05, 4.69) is 30.3 Å². The molecule has 1 aliphatic heterocycles. The van der Waals surface area contributed by atoms with Crippen LogP contribution in [-0.2, 0) is 4.79 Å². The first-order valence-electron chi connectivity index (χ1n) is 9.41. The summed E-state index contributed by atoms with van der Waals surface area (Å²) < 4.78 is 1.82. The van der Waals surface area contributed by atoms with Crippen LogP contribution in [0.4, 0.5) is 11.5 Å². The molecular formula is C20H23N7O. The van der Waals surface area contributed by atoms with E-state index in [1.54, 1.807) is 18.7 Å². The van der Waals surface area contributed by atoms with Crippen molar-refractivity contribution in [3.8, 4) is 5.82 Å². The number of pyridine rings is 1. The number of anilines is 2. The second-order valence-corrected chi connectivity index (χ2v) is 7.09. The summed E-state index contributed by atoms with van der Waals surface area (Å²) in [6, 6.07) is 7.60. The summed E-state index contributed by atoms with van der Waals surface area (Å²) in [6.45, 7) is 5.45. The summed E-state index contributed by atoms with van der Waals surface area (Å²) in [7, 11) is 0. The maximum absolute atomic E-state index is 12.7. The van der Waals surface area contributed by atoms with E-state index in [9.17, 15) is 4.79 Å². The highest BCUT2D eigenvalue weighted by Gasteiger charge is 2.27. The van der Waals surface area contributed by atoms with Crippen LogP contribution in [-0.4, -0.2) is 43.7 Å². The van der Waals surface area contributed by atoms with Gasteiger partial charge in [-0.3, -0.25) is 9.78 Å². The lowest BCUT2D eigenvalue weighted by atomic mass is 9.97. The third kappa shape index (κ3) is 3.85. The van der Waals surface area contributed by atoms with Gasteiger partial charge in [0.25, 0.3) is 0 Å². The number of piperidine rings is 1. The molecule has 0 aliphatic carbocycles. The minimum atomic E-state index is -0.0962. The number of carbonyl (C=O) groups is 1. The Hall–Kier alpha value is -3.29. The number of amides is 1. The Kier molecular flexibility index (Phi) is 5.01. The lowest BCUT2D eigenvalue weighted by Gasteiger charge is -2.32. The highest BCUT2D eigenvalue weighted by Crippen LogP contribution is 2.24. The van der Waals surface area contributed by atoms with Crippen LogP contribution in [0.3, 0.4) is 0 Å². The van der Waals surface area contributed by atoms with Gasteiger partial charge in [-0.25, -0.2) is 14.6 Å². The van der Waals surface area contributed by atoms with Gasteiger partial charge in [-0.2, -0.15) is 5.10 Å². The van der Waals surface area contributed by atoms with Crippen molar-refractivity contribution < 1.29 is 4.79 Å². The van der Waals surface area contributed by atoms with Gasteiger partial charge >= 0.3 is 0 Å². The first kappa shape index (κ1) is 18.1. The molecular weight excluding hydrogens is 354 g/mol. The molecule has 8 heteroatoms. The van der Waals surface area contributed by atoms with Crippen LogP contribution >= 0.6 is 0 Å². The summed E-state index contributed by atoms with van der Waals surface area (Å²) in [5, 5.41) is 7.45. The van der Waals surface area contributed by atoms with Crippen molar-refractivity contribution >= 4 is 17.4 Å². The van der Waals surface area contributed by atoms with Gasteiger partial charge in [0.2, 0.25) is 5.91 Å². The van der Waals surface area contributed by atoms with E-state index in [4.69, 9.17) is 0 Å². The van der Waals surface area contributed by atoms with Gasteiger partial charge in [0.05, 0.1) is 23.5 Å². The monoisotopic (exact) mass is 377 g/mol. The average Bonchev–Trinajstić information content (AvgIpc) is 3.07. The van der Waals surface area contributed by atoms with Crippen LogP contribution in [0.25, 0.3) is 5.82 Å². The number of nitrogens with zero attached hydrogens (tertiary/aromatic N) is 6. The lowest BCUT2D eigenvalue weighted by Crippen LogP contribution is -2.41. The Morgan fingerprint density at radius 2 is 2.07 bits per heavy atom. The van der Waals surface area contributed by atoms with Gasteiger partial charge in [0.15, 0.2) is 5.82 Å². The summed E-state index contributed by atoms with van der Waals surface area (Å²) in [5.74, 6) is 1.47. The fourth-order valence-corrected chi connectivity index (χ4v) is 3.57. The number of carbonyl (C=O) groups excluding carboxylic acids is 1. The van der Waals surface area contributed by atoms with E-state index in [1.807, 2.05) is 42.8 Å². The summed E-state index contributed by atoms with van der Waals surface area (Å²) in [5.41, 5.74) is 2.69. The molecule has 1 amide bonds. The van der Waals surface area contributed by atoms with E-state index >= 15 is 0 Å². The zero-order valence-corrected chi connectivity index (χ0v) is 16.0. The number of aromatic nitrogens is 5. The maximum Gasteiger partial charge on any atom is 0.229 e. The summed E-state index contributed by atoms with van der Waals surface area (Å²) in [6.07, 6.45) is 6.69. The molecule has 0 aromatic carbocycles. The molecule has 3 aromatic rings. The minimum Gasteiger partial charge on any atom is -0.356 e. The Bertz CT molecular complexity index is 970. The van der Waals surface area contributed by atoms with Crippen molar-refractivity contribution in [1.29, 1.82) is 0 Å². The molecule has 1 atom stereocenters. The van der Waals surface area contributed by atoms with Crippen molar-refractivity contribution in [1.82, 2.24) is 24.7 Å². The van der Waals surface area contributed by atoms with E-state index < -0.39 is 0 Å². The first-order valence-corrected chi connectivity index (χ1v) is 9.41. The molecule has 1 saturated heterocycles. The van der Waals surface area contributed by atoms with E-state index in [1.165, 1.54) is 0 Å². The average molecular weight is 377 g/mol. The molecule has 8 nitrogen and oxygen atoms in total. The van der Waals surface area contributed by atoms with Gasteiger partial charge in [-0.05, 0) is 44.9 Å². The van der Waals surface area contributed by atoms with E-state index in [-0.39, 0.29) is 11.8 Å². The SMILES string of the molecule is Cc1cc(C)n(-c2cc(N3CCC[C@@H](C(=O)Nc4cccnc4)C3)ncn2)n1. The summed E-state index contributed by atoms with van der Waals surface area (Å²) in [4.78, 5) is 27.7. The second kappa shape index (κ2) is 7.75. The zero-order chi connectivity index (χ0) is 19.5. The molecule has 0 saturated carbocycles. The van der Waals surface area contributed by atoms with Crippen molar-refractivity contribution in [2.45, 2.75) is 26.7 Å². The number of rotatable bonds is 4. The minimum absolute atomic E-state index is 0.0190. The Balaban J connectivity index is 1.49. The normalized spacial score (nSPS) is 16.8. The standard InChI is InChI=1S/C20H23N7O/c1-14-9-15(2)27(25-14)19-10-18(22-13-23-19)26-8-4-5-16(12-26)20(28)24-17-6-3-7-21-11-17/h3,6-7,9-11,13,16H,4-5,8,12H2,1-2H3,(H,24,28)/t16-/m1/s1. The molecule has 1 fully saturated rings. The quantitative estimate of drug-likeness (QED) is 0.752. The molecule has 1 N–H and O–H groups in total. The van der Waals surface area contributed by atoms with Crippen LogP contribution in [0.15, 0.2) is 43.0 Å². The molecule has 4 rings (SSSR count). The molecule has 3 aromatic heterocycles. The molecule has 0 bridgehead atoms. The second-order valence-electron chi connectivity index (χ2n) is 7.09. The van der Waals surface area contributed by atoms with Crippen LogP contribution in [0, 0.1) is 19.8 Å². The highest BCUT2D eigenvalue weighted by atomic mass is 16.1. The van der Waals surface area contributed by atoms with Gasteiger partial charge < -0.3 is 10.2 Å². The number of hydrogen-bond donors (Lipinski definition) is 1. The number of aryl methyl sites for hydroxylation is 2.